The number of hydrogen-bond acceptors (Lipinski definition) is 6. The van der Waals surface area contributed by atoms with Gasteiger partial charge in [-0.2, -0.15) is 0 Å². The third-order valence-corrected chi connectivity index (χ3v) is 2.98. The van der Waals surface area contributed by atoms with Crippen molar-refractivity contribution in [2.24, 2.45) is 0 Å². The highest BCUT2D eigenvalue weighted by molar-refractivity contribution is 5.75. The van der Waals surface area contributed by atoms with Crippen LogP contribution < -0.4 is 10.1 Å². The third kappa shape index (κ3) is 4.71. The van der Waals surface area contributed by atoms with Crippen LogP contribution in [0.1, 0.15) is 18.9 Å². The van der Waals surface area contributed by atoms with Crippen LogP contribution in [0.4, 0.5) is 5.69 Å². The van der Waals surface area contributed by atoms with Gasteiger partial charge in [-0.1, -0.05) is 19.1 Å². The van der Waals surface area contributed by atoms with Gasteiger partial charge in [0.1, 0.15) is 6.04 Å². The largest absolute Gasteiger partial charge is 0.487 e. The normalized spacial score (nSPS) is 11.8. The molecular formula is C14H20N2O5. The number of hydrogen-bond donors (Lipinski definition) is 1. The summed E-state index contributed by atoms with van der Waals surface area (Å²) in [7, 11) is 1.32. The van der Waals surface area contributed by atoms with Crippen molar-refractivity contribution in [3.63, 3.8) is 0 Å². The molecule has 1 unspecified atom stereocenters. The molecular weight excluding hydrogens is 276 g/mol. The molecule has 0 spiro atoms. The number of carbonyl (C=O) groups is 1. The van der Waals surface area contributed by atoms with Crippen LogP contribution in [0, 0.1) is 17.0 Å². The summed E-state index contributed by atoms with van der Waals surface area (Å²) in [6, 6.07) is 4.26. The van der Waals surface area contributed by atoms with Gasteiger partial charge in [0.15, 0.2) is 5.75 Å². The van der Waals surface area contributed by atoms with Gasteiger partial charge in [-0.15, -0.1) is 0 Å². The van der Waals surface area contributed by atoms with Crippen molar-refractivity contribution in [1.82, 2.24) is 5.32 Å². The molecule has 0 bridgehead atoms. The summed E-state index contributed by atoms with van der Waals surface area (Å²) in [5.74, 6) is -0.137. The zero-order valence-corrected chi connectivity index (χ0v) is 12.4. The minimum atomic E-state index is -0.483. The maximum Gasteiger partial charge on any atom is 0.322 e. The second kappa shape index (κ2) is 8.21. The molecule has 21 heavy (non-hydrogen) atoms. The highest BCUT2D eigenvalue weighted by Gasteiger charge is 2.20. The Morgan fingerprint density at radius 1 is 1.48 bits per heavy atom. The molecule has 1 aromatic rings. The van der Waals surface area contributed by atoms with Crippen molar-refractivity contribution in [2.75, 3.05) is 20.3 Å². The molecule has 0 radical (unpaired) electrons. The summed E-state index contributed by atoms with van der Waals surface area (Å²) >= 11 is 0. The number of rotatable bonds is 8. The van der Waals surface area contributed by atoms with E-state index >= 15 is 0 Å². The highest BCUT2D eigenvalue weighted by Crippen LogP contribution is 2.30. The molecule has 1 aromatic carbocycles. The molecule has 1 rings (SSSR count). The minimum absolute atomic E-state index is 0.0759. The van der Waals surface area contributed by atoms with Crippen molar-refractivity contribution in [3.05, 3.63) is 33.9 Å². The van der Waals surface area contributed by atoms with Crippen molar-refractivity contribution in [2.45, 2.75) is 26.3 Å². The number of benzene rings is 1. The molecule has 0 aliphatic carbocycles. The Morgan fingerprint density at radius 3 is 2.76 bits per heavy atom. The Labute approximate surface area is 123 Å². The SMILES string of the molecule is CCNC(CCOc1c(C)cccc1[N+](=O)[O-])C(=O)OC. The van der Waals surface area contributed by atoms with Gasteiger partial charge >= 0.3 is 11.7 Å². The van der Waals surface area contributed by atoms with E-state index in [2.05, 4.69) is 10.1 Å². The van der Waals surface area contributed by atoms with Crippen LogP contribution >= 0.6 is 0 Å². The van der Waals surface area contributed by atoms with Crippen LogP contribution in [0.3, 0.4) is 0 Å². The van der Waals surface area contributed by atoms with Gasteiger partial charge in [0.2, 0.25) is 0 Å². The lowest BCUT2D eigenvalue weighted by Crippen LogP contribution is -2.38. The maximum absolute atomic E-state index is 11.5. The van der Waals surface area contributed by atoms with Gasteiger partial charge in [0.05, 0.1) is 18.6 Å². The van der Waals surface area contributed by atoms with E-state index in [4.69, 9.17) is 4.74 Å². The van der Waals surface area contributed by atoms with Crippen LogP contribution in [-0.4, -0.2) is 37.2 Å². The number of aryl methyl sites for hydroxylation is 1. The van der Waals surface area contributed by atoms with Crippen LogP contribution in [0.25, 0.3) is 0 Å². The van der Waals surface area contributed by atoms with Crippen LogP contribution in [0.5, 0.6) is 5.75 Å². The average Bonchev–Trinajstić information content (AvgIpc) is 2.46. The van der Waals surface area contributed by atoms with Gasteiger partial charge in [0.25, 0.3) is 0 Å². The molecule has 7 heteroatoms. The first-order valence-electron chi connectivity index (χ1n) is 6.69. The number of para-hydroxylation sites is 1. The molecule has 0 saturated carbocycles. The summed E-state index contributed by atoms with van der Waals surface area (Å²) in [5, 5.41) is 14.0. The second-order valence-electron chi connectivity index (χ2n) is 4.45. The summed E-state index contributed by atoms with van der Waals surface area (Å²) in [6.07, 6.45) is 0.367. The lowest BCUT2D eigenvalue weighted by Gasteiger charge is -2.16. The van der Waals surface area contributed by atoms with E-state index in [0.717, 1.165) is 0 Å². The fourth-order valence-corrected chi connectivity index (χ4v) is 1.94. The molecule has 1 atom stereocenters. The van der Waals surface area contributed by atoms with E-state index < -0.39 is 11.0 Å². The molecule has 0 aliphatic heterocycles. The van der Waals surface area contributed by atoms with E-state index in [1.807, 2.05) is 6.92 Å². The first-order valence-corrected chi connectivity index (χ1v) is 6.69. The fourth-order valence-electron chi connectivity index (χ4n) is 1.94. The average molecular weight is 296 g/mol. The van der Waals surface area contributed by atoms with Gasteiger partial charge in [0, 0.05) is 12.5 Å². The summed E-state index contributed by atoms with van der Waals surface area (Å²) in [5.41, 5.74) is 0.607. The summed E-state index contributed by atoms with van der Waals surface area (Å²) < 4.78 is 10.2. The minimum Gasteiger partial charge on any atom is -0.487 e. The number of likely N-dealkylation sites (N-methyl/N-ethyl adjacent to an activating group) is 1. The van der Waals surface area contributed by atoms with Crippen LogP contribution in [0.15, 0.2) is 18.2 Å². The zero-order valence-electron chi connectivity index (χ0n) is 12.4. The second-order valence-corrected chi connectivity index (χ2v) is 4.45. The van der Waals surface area contributed by atoms with E-state index in [0.29, 0.717) is 18.5 Å². The molecule has 0 amide bonds. The number of esters is 1. The van der Waals surface area contributed by atoms with Gasteiger partial charge in [-0.05, 0) is 19.0 Å². The molecule has 1 N–H and O–H groups in total. The number of nitrogens with zero attached hydrogens (tertiary/aromatic N) is 1. The van der Waals surface area contributed by atoms with E-state index in [-0.39, 0.29) is 24.0 Å². The lowest BCUT2D eigenvalue weighted by atomic mass is 10.2. The fraction of sp³-hybridized carbons (Fsp3) is 0.500. The van der Waals surface area contributed by atoms with Crippen LogP contribution in [-0.2, 0) is 9.53 Å². The first kappa shape index (κ1) is 16.9. The summed E-state index contributed by atoms with van der Waals surface area (Å²) in [4.78, 5) is 22.0. The van der Waals surface area contributed by atoms with E-state index in [9.17, 15) is 14.9 Å². The maximum atomic E-state index is 11.5. The van der Waals surface area contributed by atoms with Crippen molar-refractivity contribution < 1.29 is 19.2 Å². The number of ether oxygens (including phenoxy) is 2. The first-order chi connectivity index (χ1) is 10.0. The number of methoxy groups -OCH3 is 1. The number of carbonyl (C=O) groups excluding carboxylic acids is 1. The third-order valence-electron chi connectivity index (χ3n) is 2.98. The predicted molar refractivity (Wildman–Crippen MR) is 77.4 cm³/mol. The molecule has 0 heterocycles. The summed E-state index contributed by atoms with van der Waals surface area (Å²) in [6.45, 7) is 4.41. The molecule has 0 saturated heterocycles. The van der Waals surface area contributed by atoms with Crippen molar-refractivity contribution >= 4 is 11.7 Å². The van der Waals surface area contributed by atoms with Gasteiger partial charge in [-0.25, -0.2) is 0 Å². The molecule has 0 aromatic heterocycles. The monoisotopic (exact) mass is 296 g/mol. The standard InChI is InChI=1S/C14H20N2O5/c1-4-15-11(14(17)20-3)8-9-21-13-10(2)6-5-7-12(13)16(18)19/h5-7,11,15H,4,8-9H2,1-3H3. The number of nitrogens with one attached hydrogen (secondary N) is 1. The quantitative estimate of drug-likeness (QED) is 0.447. The Hall–Kier alpha value is -2.15. The molecule has 0 aliphatic rings. The van der Waals surface area contributed by atoms with Crippen molar-refractivity contribution in [3.8, 4) is 5.75 Å². The van der Waals surface area contributed by atoms with Crippen LogP contribution in [0.2, 0.25) is 0 Å². The Morgan fingerprint density at radius 2 is 2.19 bits per heavy atom. The predicted octanol–water partition coefficient (Wildman–Crippen LogP) is 1.82. The van der Waals surface area contributed by atoms with Gasteiger partial charge < -0.3 is 14.8 Å². The van der Waals surface area contributed by atoms with E-state index in [1.54, 1.807) is 19.1 Å². The molecule has 7 nitrogen and oxygen atoms in total. The Kier molecular flexibility index (Phi) is 6.61. The van der Waals surface area contributed by atoms with Gasteiger partial charge in [-0.3, -0.25) is 14.9 Å². The lowest BCUT2D eigenvalue weighted by molar-refractivity contribution is -0.385. The zero-order chi connectivity index (χ0) is 15.8. The molecule has 116 valence electrons. The topological polar surface area (TPSA) is 90.7 Å². The molecule has 0 fully saturated rings. The van der Waals surface area contributed by atoms with Crippen molar-refractivity contribution in [1.29, 1.82) is 0 Å². The Bertz CT molecular complexity index is 504. The van der Waals surface area contributed by atoms with E-state index in [1.165, 1.54) is 13.2 Å². The number of nitro benzene ring substituents is 1. The highest BCUT2D eigenvalue weighted by atomic mass is 16.6. The Balaban J connectivity index is 2.71. The number of nitro groups is 1. The smallest absolute Gasteiger partial charge is 0.322 e.